The zero-order chi connectivity index (χ0) is 2.00. The van der Waals surface area contributed by atoms with Gasteiger partial charge in [0.1, 0.15) is 0 Å². The van der Waals surface area contributed by atoms with Gasteiger partial charge in [0.2, 0.25) is 0 Å². The molecule has 6 heavy (non-hydrogen) atoms. The van der Waals surface area contributed by atoms with E-state index in [-0.39, 0.29) is 70.1 Å². The van der Waals surface area contributed by atoms with Crippen molar-refractivity contribution >= 4 is 0 Å². The Morgan fingerprint density at radius 1 is 1.00 bits per heavy atom. The molecule has 0 amide bonds. The summed E-state index contributed by atoms with van der Waals surface area (Å²) in [6, 6.07) is 0. The van der Waals surface area contributed by atoms with Gasteiger partial charge in [-0.1, -0.05) is 0 Å². The molecule has 0 saturated carbocycles. The van der Waals surface area contributed by atoms with E-state index in [2.05, 4.69) is 15.7 Å². The molecule has 0 aliphatic rings. The van der Waals surface area contributed by atoms with Gasteiger partial charge >= 0.3 is 19.5 Å². The van der Waals surface area contributed by atoms with Crippen LogP contribution in [0.4, 0.5) is 0 Å². The van der Waals surface area contributed by atoms with Crippen molar-refractivity contribution in [1.29, 1.82) is 0 Å². The molecule has 0 fully saturated rings. The molecule has 0 rings (SSSR count). The van der Waals surface area contributed by atoms with Crippen LogP contribution in [0.15, 0.2) is 0 Å². The monoisotopic (exact) mass is 312 g/mol. The first-order chi connectivity index (χ1) is 1.00. The molecule has 0 N–H and O–H groups in total. The standard InChI is InChI=1S/3Co.Mn.O.Zn. The van der Waals surface area contributed by atoms with Gasteiger partial charge < -0.3 is 0 Å². The molecule has 0 spiro atoms. The first kappa shape index (κ1) is 39.3. The maximum absolute atomic E-state index is 7.94. The number of hydrogen-bond donors (Lipinski definition) is 0. The van der Waals surface area contributed by atoms with Crippen LogP contribution < -0.4 is 0 Å². The molecule has 0 unspecified atom stereocenters. The first-order valence-corrected chi connectivity index (χ1v) is 0.561. The van der Waals surface area contributed by atoms with Crippen LogP contribution in [0.5, 0.6) is 0 Å². The molecular weight excluding hydrogens is 313 g/mol. The van der Waals surface area contributed by atoms with E-state index >= 15 is 0 Å². The fourth-order valence-electron chi connectivity index (χ4n) is 0. The number of hydrogen-bond acceptors (Lipinski definition) is 1. The van der Waals surface area contributed by atoms with Crippen molar-refractivity contribution in [3.8, 4) is 0 Å². The molecule has 42 valence electrons. The van der Waals surface area contributed by atoms with Crippen molar-refractivity contribution in [3.63, 3.8) is 0 Å². The van der Waals surface area contributed by atoms with E-state index in [0.717, 1.165) is 0 Å². The normalized spacial score (nSPS) is 0.833. The minimum absolute atomic E-state index is 0. The minimum Gasteiger partial charge on any atom is 0 e. The molecule has 0 saturated heterocycles. The van der Waals surface area contributed by atoms with Gasteiger partial charge in [0.15, 0.2) is 0 Å². The molecule has 1 nitrogen and oxygen atoms in total. The fraction of sp³-hybridized carbons (Fsp3) is 0. The topological polar surface area (TPSA) is 17.1 Å². The molecular formula is Co3MnOZn. The Balaban J connectivity index is -0.000000000833. The van der Waals surface area contributed by atoms with Crippen molar-refractivity contribution in [1.82, 2.24) is 0 Å². The summed E-state index contributed by atoms with van der Waals surface area (Å²) in [4.78, 5) is 0. The SMILES string of the molecule is [Co].[Co].[Mn].[O]=[Co].[Zn]. The zero-order valence-corrected chi connectivity index (χ0v) is 9.76. The fourth-order valence-corrected chi connectivity index (χ4v) is 0. The van der Waals surface area contributed by atoms with E-state index < -0.39 is 0 Å². The largest absolute Gasteiger partial charge is 0 e. The molecule has 0 aliphatic carbocycles. The van der Waals surface area contributed by atoms with Gasteiger partial charge in [0.25, 0.3) is 0 Å². The van der Waals surface area contributed by atoms with Crippen molar-refractivity contribution in [3.05, 3.63) is 0 Å². The van der Waals surface area contributed by atoms with Crippen LogP contribution >= 0.6 is 0 Å². The van der Waals surface area contributed by atoms with E-state index in [9.17, 15) is 0 Å². The van der Waals surface area contributed by atoms with Gasteiger partial charge in [-0.05, 0) is 0 Å². The molecule has 0 atom stereocenters. The van der Waals surface area contributed by atoms with Crippen molar-refractivity contribution in [2.75, 3.05) is 0 Å². The van der Waals surface area contributed by atoms with Crippen LogP contribution in [0.1, 0.15) is 0 Å². The van der Waals surface area contributed by atoms with E-state index in [1.165, 1.54) is 0 Å². The molecule has 6 heteroatoms. The van der Waals surface area contributed by atoms with Crippen LogP contribution in [-0.4, -0.2) is 0 Å². The predicted molar refractivity (Wildman–Crippen MR) is 0.686 cm³/mol. The third-order valence-corrected chi connectivity index (χ3v) is 0. The van der Waals surface area contributed by atoms with Gasteiger partial charge in [0.05, 0.1) is 0 Å². The molecule has 0 aromatic carbocycles. The van der Waals surface area contributed by atoms with E-state index in [1.807, 2.05) is 0 Å². The molecule has 0 heterocycles. The summed E-state index contributed by atoms with van der Waals surface area (Å²) in [5, 5.41) is 0. The second-order valence-electron chi connectivity index (χ2n) is 0. The van der Waals surface area contributed by atoms with Gasteiger partial charge in [-0.25, -0.2) is 0 Å². The maximum atomic E-state index is 7.94. The average molecular weight is 313 g/mol. The van der Waals surface area contributed by atoms with Crippen LogP contribution in [0.3, 0.4) is 0 Å². The molecule has 0 aliphatic heterocycles. The maximum Gasteiger partial charge on any atom is 0 e. The van der Waals surface area contributed by atoms with E-state index in [1.54, 1.807) is 0 Å². The van der Waals surface area contributed by atoms with Gasteiger partial charge in [0, 0.05) is 70.1 Å². The molecule has 3 radical (unpaired) electrons. The predicted octanol–water partition coefficient (Wildman–Crippen LogP) is -0.131. The molecule has 0 aromatic heterocycles. The summed E-state index contributed by atoms with van der Waals surface area (Å²) in [5.74, 6) is 0. The van der Waals surface area contributed by atoms with Gasteiger partial charge in [-0.3, -0.25) is 0 Å². The van der Waals surface area contributed by atoms with Gasteiger partial charge in [-0.15, -0.1) is 0 Å². The third kappa shape index (κ3) is 31.8. The van der Waals surface area contributed by atoms with E-state index in [0.29, 0.717) is 0 Å². The smallest absolute Gasteiger partial charge is 0 e. The molecule has 0 aromatic rings. The Kier molecular flexibility index (Phi) is 337. The second kappa shape index (κ2) is 51.4. The Hall–Kier alpha value is 2.46. The Labute approximate surface area is 88.6 Å². The summed E-state index contributed by atoms with van der Waals surface area (Å²) >= 11 is 2.31. The summed E-state index contributed by atoms with van der Waals surface area (Å²) in [5.41, 5.74) is 0. The Morgan fingerprint density at radius 3 is 1.00 bits per heavy atom. The van der Waals surface area contributed by atoms with Crippen LogP contribution in [0, 0.1) is 0 Å². The Morgan fingerprint density at radius 2 is 1.00 bits per heavy atom. The Bertz CT molecular complexity index is 10.8. The van der Waals surface area contributed by atoms with Crippen molar-refractivity contribution < 1.29 is 89.6 Å². The quantitative estimate of drug-likeness (QED) is 0.570. The van der Waals surface area contributed by atoms with Crippen LogP contribution in [-0.2, 0) is 89.6 Å². The number of rotatable bonds is 0. The van der Waals surface area contributed by atoms with Crippen LogP contribution in [0.2, 0.25) is 0 Å². The summed E-state index contributed by atoms with van der Waals surface area (Å²) in [7, 11) is 0. The summed E-state index contributed by atoms with van der Waals surface area (Å²) < 4.78 is 7.94. The first-order valence-electron chi connectivity index (χ1n) is 0.136. The molecule has 0 bridgehead atoms. The second-order valence-corrected chi connectivity index (χ2v) is 0. The van der Waals surface area contributed by atoms with Crippen molar-refractivity contribution in [2.24, 2.45) is 0 Å². The van der Waals surface area contributed by atoms with Crippen LogP contribution in [0.25, 0.3) is 0 Å². The summed E-state index contributed by atoms with van der Waals surface area (Å²) in [6.45, 7) is 0. The van der Waals surface area contributed by atoms with Gasteiger partial charge in [-0.2, -0.15) is 0 Å². The average Bonchev–Trinajstić information content (AvgIpc) is 1.00. The third-order valence-electron chi connectivity index (χ3n) is 0. The minimum atomic E-state index is 0. The van der Waals surface area contributed by atoms with Crippen molar-refractivity contribution in [2.45, 2.75) is 0 Å². The summed E-state index contributed by atoms with van der Waals surface area (Å²) in [6.07, 6.45) is 0. The zero-order valence-electron chi connectivity index (χ0n) is 2.49. The van der Waals surface area contributed by atoms with E-state index in [4.69, 9.17) is 3.87 Å².